The number of rotatable bonds is 6. The maximum Gasteiger partial charge on any atom is 0.233 e. The molecule has 0 aromatic carbocycles. The second kappa shape index (κ2) is 12.0. The van der Waals surface area contributed by atoms with Gasteiger partial charge in [0.1, 0.15) is 0 Å². The van der Waals surface area contributed by atoms with E-state index in [0.29, 0.717) is 0 Å². The molecule has 4 nitrogen and oxygen atoms in total. The van der Waals surface area contributed by atoms with Crippen LogP contribution in [0.15, 0.2) is 0 Å². The second-order valence-electron chi connectivity index (χ2n) is 4.81. The van der Waals surface area contributed by atoms with E-state index in [4.69, 9.17) is 5.73 Å². The van der Waals surface area contributed by atoms with Crippen molar-refractivity contribution in [2.75, 3.05) is 32.7 Å². The quantitative estimate of drug-likeness (QED) is 0.729. The molecule has 1 heterocycles. The Morgan fingerprint density at radius 3 is 2.72 bits per heavy atom. The standard InChI is InChI=1S/C12H25N3O.2ClH/c1-11-5-4-8-15(10-11)7-3-2-6-14-12(16)9-13;;/h11H,2-10,13H2,1H3,(H,14,16);2*1H. The molecule has 3 N–H and O–H groups in total. The first kappa shape index (κ1) is 20.3. The molecular formula is C12H27Cl2N3O. The van der Waals surface area contributed by atoms with Crippen molar-refractivity contribution in [2.24, 2.45) is 11.7 Å². The zero-order valence-corrected chi connectivity index (χ0v) is 12.8. The van der Waals surface area contributed by atoms with Gasteiger partial charge < -0.3 is 16.0 Å². The molecule has 1 aliphatic rings. The molecule has 0 spiro atoms. The Labute approximate surface area is 123 Å². The van der Waals surface area contributed by atoms with Crippen LogP contribution in [0.3, 0.4) is 0 Å². The predicted molar refractivity (Wildman–Crippen MR) is 80.6 cm³/mol. The summed E-state index contributed by atoms with van der Waals surface area (Å²) in [6.07, 6.45) is 4.93. The van der Waals surface area contributed by atoms with Crippen molar-refractivity contribution in [3.8, 4) is 0 Å². The number of nitrogens with one attached hydrogen (secondary N) is 1. The topological polar surface area (TPSA) is 58.4 Å². The number of hydrogen-bond donors (Lipinski definition) is 2. The summed E-state index contributed by atoms with van der Waals surface area (Å²) in [7, 11) is 0. The lowest BCUT2D eigenvalue weighted by atomic mass is 10.0. The molecule has 110 valence electrons. The van der Waals surface area contributed by atoms with Crippen molar-refractivity contribution >= 4 is 30.7 Å². The number of piperidine rings is 1. The summed E-state index contributed by atoms with van der Waals surface area (Å²) in [5.41, 5.74) is 5.20. The van der Waals surface area contributed by atoms with Gasteiger partial charge in [-0.2, -0.15) is 0 Å². The van der Waals surface area contributed by atoms with E-state index in [1.54, 1.807) is 0 Å². The summed E-state index contributed by atoms with van der Waals surface area (Å²) in [5, 5.41) is 2.80. The van der Waals surface area contributed by atoms with Gasteiger partial charge in [-0.25, -0.2) is 0 Å². The lowest BCUT2D eigenvalue weighted by Crippen LogP contribution is -2.35. The van der Waals surface area contributed by atoms with E-state index in [0.717, 1.165) is 25.3 Å². The summed E-state index contributed by atoms with van der Waals surface area (Å²) in [6.45, 7) is 6.86. The SMILES string of the molecule is CC1CCCN(CCCCNC(=O)CN)C1.Cl.Cl. The third kappa shape index (κ3) is 8.97. The molecule has 1 atom stereocenters. The normalized spacial score (nSPS) is 19.6. The zero-order chi connectivity index (χ0) is 11.8. The highest BCUT2D eigenvalue weighted by molar-refractivity contribution is 5.85. The average molecular weight is 300 g/mol. The van der Waals surface area contributed by atoms with E-state index >= 15 is 0 Å². The molecule has 1 rings (SSSR count). The van der Waals surface area contributed by atoms with E-state index in [9.17, 15) is 4.79 Å². The number of nitrogens with zero attached hydrogens (tertiary/aromatic N) is 1. The van der Waals surface area contributed by atoms with Crippen LogP contribution in [0.4, 0.5) is 0 Å². The van der Waals surface area contributed by atoms with Crippen molar-refractivity contribution in [1.82, 2.24) is 10.2 Å². The fraction of sp³-hybridized carbons (Fsp3) is 0.917. The van der Waals surface area contributed by atoms with Crippen LogP contribution < -0.4 is 11.1 Å². The molecular weight excluding hydrogens is 273 g/mol. The maximum atomic E-state index is 10.9. The van der Waals surface area contributed by atoms with Gasteiger partial charge in [-0.3, -0.25) is 4.79 Å². The van der Waals surface area contributed by atoms with Gasteiger partial charge in [0, 0.05) is 13.1 Å². The second-order valence-corrected chi connectivity index (χ2v) is 4.81. The summed E-state index contributed by atoms with van der Waals surface area (Å²) in [4.78, 5) is 13.4. The van der Waals surface area contributed by atoms with Crippen LogP contribution in [0.5, 0.6) is 0 Å². The van der Waals surface area contributed by atoms with E-state index in [2.05, 4.69) is 17.1 Å². The summed E-state index contributed by atoms with van der Waals surface area (Å²) < 4.78 is 0. The van der Waals surface area contributed by atoms with Crippen molar-refractivity contribution in [3.63, 3.8) is 0 Å². The highest BCUT2D eigenvalue weighted by atomic mass is 35.5. The Morgan fingerprint density at radius 1 is 1.39 bits per heavy atom. The van der Waals surface area contributed by atoms with Gasteiger partial charge in [0.15, 0.2) is 0 Å². The number of carbonyl (C=O) groups excluding carboxylic acids is 1. The van der Waals surface area contributed by atoms with Gasteiger partial charge in [0.05, 0.1) is 6.54 Å². The van der Waals surface area contributed by atoms with Crippen molar-refractivity contribution < 1.29 is 4.79 Å². The molecule has 0 aromatic rings. The molecule has 0 bridgehead atoms. The van der Waals surface area contributed by atoms with Gasteiger partial charge in [0.25, 0.3) is 0 Å². The Bertz CT molecular complexity index is 217. The Kier molecular flexibility index (Phi) is 13.6. The number of amides is 1. The maximum absolute atomic E-state index is 10.9. The van der Waals surface area contributed by atoms with Crippen LogP contribution in [0.2, 0.25) is 0 Å². The fourth-order valence-electron chi connectivity index (χ4n) is 2.25. The molecule has 0 aromatic heterocycles. The summed E-state index contributed by atoms with van der Waals surface area (Å²) in [6, 6.07) is 0. The number of hydrogen-bond acceptors (Lipinski definition) is 3. The minimum Gasteiger partial charge on any atom is -0.355 e. The first-order valence-electron chi connectivity index (χ1n) is 6.41. The molecule has 0 saturated carbocycles. The molecule has 0 radical (unpaired) electrons. The smallest absolute Gasteiger partial charge is 0.233 e. The number of nitrogens with two attached hydrogens (primary N) is 1. The van der Waals surface area contributed by atoms with Gasteiger partial charge in [-0.05, 0) is 44.7 Å². The molecule has 1 amide bonds. The van der Waals surface area contributed by atoms with Gasteiger partial charge in [0.2, 0.25) is 5.91 Å². The van der Waals surface area contributed by atoms with Crippen molar-refractivity contribution in [3.05, 3.63) is 0 Å². The number of carbonyl (C=O) groups is 1. The number of halogens is 2. The van der Waals surface area contributed by atoms with Crippen LogP contribution in [-0.4, -0.2) is 43.5 Å². The van der Waals surface area contributed by atoms with Gasteiger partial charge in [-0.15, -0.1) is 24.8 Å². The average Bonchev–Trinajstić information content (AvgIpc) is 2.28. The lowest BCUT2D eigenvalue weighted by molar-refractivity contribution is -0.119. The Morgan fingerprint density at radius 2 is 2.11 bits per heavy atom. The van der Waals surface area contributed by atoms with E-state index in [1.165, 1.54) is 32.5 Å². The zero-order valence-electron chi connectivity index (χ0n) is 11.2. The fourth-order valence-corrected chi connectivity index (χ4v) is 2.25. The lowest BCUT2D eigenvalue weighted by Gasteiger charge is -2.30. The summed E-state index contributed by atoms with van der Waals surface area (Å²) in [5.74, 6) is 0.803. The van der Waals surface area contributed by atoms with Crippen LogP contribution in [0, 0.1) is 5.92 Å². The van der Waals surface area contributed by atoms with Gasteiger partial charge in [-0.1, -0.05) is 6.92 Å². The molecule has 1 saturated heterocycles. The third-order valence-electron chi connectivity index (χ3n) is 3.15. The monoisotopic (exact) mass is 299 g/mol. The Balaban J connectivity index is 0. The predicted octanol–water partition coefficient (Wildman–Crippen LogP) is 1.42. The van der Waals surface area contributed by atoms with E-state index in [-0.39, 0.29) is 37.3 Å². The van der Waals surface area contributed by atoms with Crippen molar-refractivity contribution in [2.45, 2.75) is 32.6 Å². The largest absolute Gasteiger partial charge is 0.355 e. The molecule has 0 aliphatic carbocycles. The van der Waals surface area contributed by atoms with E-state index < -0.39 is 0 Å². The highest BCUT2D eigenvalue weighted by Gasteiger charge is 2.15. The minimum atomic E-state index is -0.0494. The molecule has 1 aliphatic heterocycles. The highest BCUT2D eigenvalue weighted by Crippen LogP contribution is 2.15. The third-order valence-corrected chi connectivity index (χ3v) is 3.15. The van der Waals surface area contributed by atoms with Crippen LogP contribution in [-0.2, 0) is 4.79 Å². The summed E-state index contributed by atoms with van der Waals surface area (Å²) >= 11 is 0. The number of likely N-dealkylation sites (tertiary alicyclic amines) is 1. The van der Waals surface area contributed by atoms with Crippen molar-refractivity contribution in [1.29, 1.82) is 0 Å². The molecule has 6 heteroatoms. The molecule has 1 unspecified atom stereocenters. The number of unbranched alkanes of at least 4 members (excludes halogenated alkanes) is 1. The van der Waals surface area contributed by atoms with Gasteiger partial charge >= 0.3 is 0 Å². The van der Waals surface area contributed by atoms with Crippen LogP contribution in [0.25, 0.3) is 0 Å². The molecule has 18 heavy (non-hydrogen) atoms. The van der Waals surface area contributed by atoms with Crippen LogP contribution >= 0.6 is 24.8 Å². The first-order chi connectivity index (χ1) is 7.72. The van der Waals surface area contributed by atoms with E-state index in [1.807, 2.05) is 0 Å². The van der Waals surface area contributed by atoms with Crippen LogP contribution in [0.1, 0.15) is 32.6 Å². The Hall–Kier alpha value is -0.0300. The first-order valence-corrected chi connectivity index (χ1v) is 6.41. The minimum absolute atomic E-state index is 0. The molecule has 1 fully saturated rings.